The molecule has 5 heteroatoms. The molecule has 0 spiro atoms. The largest absolute Gasteiger partial charge is 0.381 e. The molecule has 1 N–H and O–H groups in total. The molecule has 2 saturated heterocycles. The van der Waals surface area contributed by atoms with E-state index in [0.717, 1.165) is 51.8 Å². The molecule has 0 saturated carbocycles. The highest BCUT2D eigenvalue weighted by molar-refractivity contribution is 5.79. The van der Waals surface area contributed by atoms with E-state index in [1.165, 1.54) is 31.4 Å². The van der Waals surface area contributed by atoms with Gasteiger partial charge in [-0.25, -0.2) is 0 Å². The summed E-state index contributed by atoms with van der Waals surface area (Å²) in [5, 5.41) is 3.48. The van der Waals surface area contributed by atoms with Crippen molar-refractivity contribution < 1.29 is 4.74 Å². The SMILES string of the molecule is CCNC(=NCC1CCCCN1Cc1ccccc1)N(C)CC1CCOC1. The van der Waals surface area contributed by atoms with E-state index in [-0.39, 0.29) is 0 Å². The number of ether oxygens (including phenoxy) is 1. The zero-order valence-electron chi connectivity index (χ0n) is 17.1. The maximum atomic E-state index is 5.53. The van der Waals surface area contributed by atoms with Gasteiger partial charge in [-0.05, 0) is 38.3 Å². The maximum Gasteiger partial charge on any atom is 0.193 e. The predicted octanol–water partition coefficient (Wildman–Crippen LogP) is 2.97. The molecule has 2 fully saturated rings. The van der Waals surface area contributed by atoms with Gasteiger partial charge in [0.2, 0.25) is 0 Å². The molecule has 0 aliphatic carbocycles. The molecule has 0 amide bonds. The third kappa shape index (κ3) is 6.22. The Balaban J connectivity index is 1.59. The van der Waals surface area contributed by atoms with E-state index in [0.29, 0.717) is 12.0 Å². The molecular weight excluding hydrogens is 336 g/mol. The Morgan fingerprint density at radius 2 is 2.11 bits per heavy atom. The zero-order valence-corrected chi connectivity index (χ0v) is 17.1. The molecule has 27 heavy (non-hydrogen) atoms. The highest BCUT2D eigenvalue weighted by Gasteiger charge is 2.23. The molecule has 0 radical (unpaired) electrons. The molecule has 0 bridgehead atoms. The van der Waals surface area contributed by atoms with E-state index in [1.54, 1.807) is 0 Å². The fourth-order valence-electron chi connectivity index (χ4n) is 4.16. The summed E-state index contributed by atoms with van der Waals surface area (Å²) in [6.07, 6.45) is 5.03. The summed E-state index contributed by atoms with van der Waals surface area (Å²) in [6, 6.07) is 11.4. The average molecular weight is 373 g/mol. The molecule has 2 atom stereocenters. The van der Waals surface area contributed by atoms with E-state index in [4.69, 9.17) is 9.73 Å². The van der Waals surface area contributed by atoms with Crippen molar-refractivity contribution in [2.75, 3.05) is 46.4 Å². The second kappa shape index (κ2) is 10.7. The Labute approximate surface area is 164 Å². The first-order valence-corrected chi connectivity index (χ1v) is 10.6. The van der Waals surface area contributed by atoms with Crippen molar-refractivity contribution >= 4 is 5.96 Å². The standard InChI is InChI=1S/C22H36N4O/c1-3-23-22(25(2)16-20-12-14-27-18-20)24-15-21-11-7-8-13-26(21)17-19-9-5-4-6-10-19/h4-6,9-10,20-21H,3,7-8,11-18H2,1-2H3,(H,23,24). The summed E-state index contributed by atoms with van der Waals surface area (Å²) in [5.41, 5.74) is 1.40. The normalized spacial score (nSPS) is 24.1. The number of hydrogen-bond donors (Lipinski definition) is 1. The topological polar surface area (TPSA) is 40.1 Å². The smallest absolute Gasteiger partial charge is 0.193 e. The zero-order chi connectivity index (χ0) is 18.9. The molecule has 2 heterocycles. The molecular formula is C22H36N4O. The van der Waals surface area contributed by atoms with E-state index in [9.17, 15) is 0 Å². The van der Waals surface area contributed by atoms with Crippen LogP contribution in [0.2, 0.25) is 0 Å². The summed E-state index contributed by atoms with van der Waals surface area (Å²) in [5.74, 6) is 1.66. The van der Waals surface area contributed by atoms with Crippen LogP contribution in [0.15, 0.2) is 35.3 Å². The molecule has 1 aromatic rings. The Bertz CT molecular complexity index is 571. The van der Waals surface area contributed by atoms with Gasteiger partial charge in [-0.2, -0.15) is 0 Å². The lowest BCUT2D eigenvalue weighted by atomic mass is 10.0. The van der Waals surface area contributed by atoms with Gasteiger partial charge in [-0.15, -0.1) is 0 Å². The van der Waals surface area contributed by atoms with Crippen LogP contribution in [0.25, 0.3) is 0 Å². The lowest BCUT2D eigenvalue weighted by Crippen LogP contribution is -2.44. The third-order valence-corrected chi connectivity index (χ3v) is 5.68. The van der Waals surface area contributed by atoms with Crippen molar-refractivity contribution in [3.8, 4) is 0 Å². The molecule has 150 valence electrons. The number of hydrogen-bond acceptors (Lipinski definition) is 3. The van der Waals surface area contributed by atoms with Crippen LogP contribution >= 0.6 is 0 Å². The van der Waals surface area contributed by atoms with E-state index in [1.807, 2.05) is 0 Å². The minimum atomic E-state index is 0.538. The molecule has 2 unspecified atom stereocenters. The van der Waals surface area contributed by atoms with Crippen molar-refractivity contribution in [1.29, 1.82) is 0 Å². The minimum Gasteiger partial charge on any atom is -0.381 e. The summed E-state index contributed by atoms with van der Waals surface area (Å²) >= 11 is 0. The van der Waals surface area contributed by atoms with Gasteiger partial charge in [0.1, 0.15) is 0 Å². The predicted molar refractivity (Wildman–Crippen MR) is 112 cm³/mol. The maximum absolute atomic E-state index is 5.53. The first-order chi connectivity index (χ1) is 13.3. The fourth-order valence-corrected chi connectivity index (χ4v) is 4.16. The van der Waals surface area contributed by atoms with Gasteiger partial charge in [0.05, 0.1) is 13.2 Å². The van der Waals surface area contributed by atoms with Crippen molar-refractivity contribution in [1.82, 2.24) is 15.1 Å². The van der Waals surface area contributed by atoms with Crippen molar-refractivity contribution in [3.05, 3.63) is 35.9 Å². The van der Waals surface area contributed by atoms with Gasteiger partial charge in [0, 0.05) is 45.2 Å². The second-order valence-electron chi connectivity index (χ2n) is 7.91. The van der Waals surface area contributed by atoms with Crippen molar-refractivity contribution in [3.63, 3.8) is 0 Å². The van der Waals surface area contributed by atoms with Crippen molar-refractivity contribution in [2.45, 2.75) is 45.2 Å². The number of nitrogens with zero attached hydrogens (tertiary/aromatic N) is 3. The summed E-state index contributed by atoms with van der Waals surface area (Å²) in [6.45, 7) is 8.95. The molecule has 0 aromatic heterocycles. The lowest BCUT2D eigenvalue weighted by molar-refractivity contribution is 0.145. The first-order valence-electron chi connectivity index (χ1n) is 10.6. The van der Waals surface area contributed by atoms with Gasteiger partial charge in [-0.1, -0.05) is 36.8 Å². The Morgan fingerprint density at radius 1 is 1.26 bits per heavy atom. The monoisotopic (exact) mass is 372 g/mol. The number of nitrogens with one attached hydrogen (secondary N) is 1. The van der Waals surface area contributed by atoms with Gasteiger partial charge in [0.25, 0.3) is 0 Å². The molecule has 2 aliphatic heterocycles. The Hall–Kier alpha value is -1.59. The second-order valence-corrected chi connectivity index (χ2v) is 7.91. The van der Waals surface area contributed by atoms with Gasteiger partial charge in [0.15, 0.2) is 5.96 Å². The van der Waals surface area contributed by atoms with Gasteiger partial charge in [-0.3, -0.25) is 9.89 Å². The summed E-state index contributed by atoms with van der Waals surface area (Å²) in [7, 11) is 2.16. The van der Waals surface area contributed by atoms with Crippen molar-refractivity contribution in [2.24, 2.45) is 10.9 Å². The average Bonchev–Trinajstić information content (AvgIpc) is 3.20. The van der Waals surface area contributed by atoms with Crippen LogP contribution in [0.5, 0.6) is 0 Å². The fraction of sp³-hybridized carbons (Fsp3) is 0.682. The lowest BCUT2D eigenvalue weighted by Gasteiger charge is -2.35. The first kappa shape index (κ1) is 20.2. The number of rotatable bonds is 7. The number of piperidine rings is 1. The quantitative estimate of drug-likeness (QED) is 0.590. The number of aliphatic imine (C=N–C) groups is 1. The van der Waals surface area contributed by atoms with E-state index in [2.05, 4.69) is 59.4 Å². The molecule has 1 aromatic carbocycles. The number of benzene rings is 1. The highest BCUT2D eigenvalue weighted by atomic mass is 16.5. The van der Waals surface area contributed by atoms with Gasteiger partial charge < -0.3 is 15.0 Å². The molecule has 3 rings (SSSR count). The van der Waals surface area contributed by atoms with E-state index >= 15 is 0 Å². The van der Waals surface area contributed by atoms with Crippen LogP contribution in [0, 0.1) is 5.92 Å². The third-order valence-electron chi connectivity index (χ3n) is 5.68. The summed E-state index contributed by atoms with van der Waals surface area (Å²) < 4.78 is 5.53. The summed E-state index contributed by atoms with van der Waals surface area (Å²) in [4.78, 5) is 9.93. The molecule has 5 nitrogen and oxygen atoms in total. The van der Waals surface area contributed by atoms with E-state index < -0.39 is 0 Å². The van der Waals surface area contributed by atoms with Crippen LogP contribution < -0.4 is 5.32 Å². The van der Waals surface area contributed by atoms with Crippen LogP contribution in [0.3, 0.4) is 0 Å². The Kier molecular flexibility index (Phi) is 7.96. The minimum absolute atomic E-state index is 0.538. The number of likely N-dealkylation sites (tertiary alicyclic amines) is 1. The van der Waals surface area contributed by atoms with Crippen LogP contribution in [0.1, 0.15) is 38.2 Å². The molecule has 2 aliphatic rings. The van der Waals surface area contributed by atoms with Crippen LogP contribution in [-0.4, -0.2) is 68.2 Å². The van der Waals surface area contributed by atoms with Gasteiger partial charge >= 0.3 is 0 Å². The number of guanidine groups is 1. The highest BCUT2D eigenvalue weighted by Crippen LogP contribution is 2.20. The van der Waals surface area contributed by atoms with Crippen LogP contribution in [-0.2, 0) is 11.3 Å². The Morgan fingerprint density at radius 3 is 2.85 bits per heavy atom. The van der Waals surface area contributed by atoms with Crippen LogP contribution in [0.4, 0.5) is 0 Å².